The van der Waals surface area contributed by atoms with Gasteiger partial charge in [-0.25, -0.2) is 0 Å². The molecule has 1 heterocycles. The van der Waals surface area contributed by atoms with Crippen molar-refractivity contribution in [3.05, 3.63) is 28.9 Å². The lowest BCUT2D eigenvalue weighted by Gasteiger charge is -2.15. The summed E-state index contributed by atoms with van der Waals surface area (Å²) in [5, 5.41) is 6.48. The molecule has 0 amide bonds. The molecule has 0 bridgehead atoms. The molecule has 0 radical (unpaired) electrons. The van der Waals surface area contributed by atoms with Gasteiger partial charge in [-0.1, -0.05) is 32.4 Å². The molecule has 0 saturated carbocycles. The van der Waals surface area contributed by atoms with Crippen molar-refractivity contribution in [2.75, 3.05) is 0 Å². The van der Waals surface area contributed by atoms with Gasteiger partial charge in [0.1, 0.15) is 0 Å². The Bertz CT molecular complexity index is 506. The third-order valence-electron chi connectivity index (χ3n) is 2.52. The first kappa shape index (κ1) is 10.5. The van der Waals surface area contributed by atoms with Gasteiger partial charge in [-0.2, -0.15) is 5.10 Å². The lowest BCUT2D eigenvalue weighted by atomic mass is 9.90. The molecule has 1 aromatic heterocycles. The average molecular weight is 223 g/mol. The number of nitrogens with zero attached hydrogens (tertiary/aromatic N) is 2. The van der Waals surface area contributed by atoms with Gasteiger partial charge in [-0.05, 0) is 18.2 Å². The Morgan fingerprint density at radius 3 is 2.53 bits per heavy atom. The molecule has 0 spiro atoms. The highest BCUT2D eigenvalue weighted by atomic mass is 35.5. The highest BCUT2D eigenvalue weighted by Gasteiger charge is 2.21. The van der Waals surface area contributed by atoms with Gasteiger partial charge in [-0.15, -0.1) is 0 Å². The summed E-state index contributed by atoms with van der Waals surface area (Å²) >= 11 is 6.01. The Morgan fingerprint density at radius 2 is 1.93 bits per heavy atom. The van der Waals surface area contributed by atoms with Crippen molar-refractivity contribution in [2.45, 2.75) is 26.2 Å². The fraction of sp³-hybridized carbons (Fsp3) is 0.417. The van der Waals surface area contributed by atoms with Crippen LogP contribution >= 0.6 is 11.6 Å². The molecule has 0 N–H and O–H groups in total. The predicted octanol–water partition coefficient (Wildman–Crippen LogP) is 3.52. The molecule has 0 atom stereocenters. The highest BCUT2D eigenvalue weighted by Crippen LogP contribution is 2.30. The third kappa shape index (κ3) is 1.74. The van der Waals surface area contributed by atoms with Gasteiger partial charge < -0.3 is 0 Å². The standard InChI is InChI=1S/C12H15ClN2/c1-12(2,3)11-9-7-8(13)5-6-10(9)15(4)14-11/h5-7H,1-4H3. The quantitative estimate of drug-likeness (QED) is 0.667. The molecular weight excluding hydrogens is 208 g/mol. The zero-order valence-corrected chi connectivity index (χ0v) is 10.3. The first-order valence-corrected chi connectivity index (χ1v) is 5.40. The molecule has 2 nitrogen and oxygen atoms in total. The number of hydrogen-bond donors (Lipinski definition) is 0. The van der Waals surface area contributed by atoms with Crippen molar-refractivity contribution in [3.8, 4) is 0 Å². The van der Waals surface area contributed by atoms with Crippen LogP contribution in [0.25, 0.3) is 10.9 Å². The van der Waals surface area contributed by atoms with Crippen LogP contribution < -0.4 is 0 Å². The second-order valence-corrected chi connectivity index (χ2v) is 5.32. The summed E-state index contributed by atoms with van der Waals surface area (Å²) < 4.78 is 1.91. The molecule has 0 aliphatic rings. The maximum Gasteiger partial charge on any atom is 0.0757 e. The number of aryl methyl sites for hydroxylation is 1. The number of halogens is 1. The van der Waals surface area contributed by atoms with Crippen LogP contribution in [0, 0.1) is 0 Å². The largest absolute Gasteiger partial charge is 0.268 e. The van der Waals surface area contributed by atoms with Crippen molar-refractivity contribution in [2.24, 2.45) is 7.05 Å². The molecule has 80 valence electrons. The molecule has 0 fully saturated rings. The van der Waals surface area contributed by atoms with Crippen LogP contribution in [-0.2, 0) is 12.5 Å². The van der Waals surface area contributed by atoms with E-state index in [0.717, 1.165) is 21.6 Å². The van der Waals surface area contributed by atoms with Crippen LogP contribution in [-0.4, -0.2) is 9.78 Å². The predicted molar refractivity (Wildman–Crippen MR) is 64.4 cm³/mol. The van der Waals surface area contributed by atoms with Crippen LogP contribution in [0.1, 0.15) is 26.5 Å². The zero-order chi connectivity index (χ0) is 11.2. The van der Waals surface area contributed by atoms with Gasteiger partial charge in [0.2, 0.25) is 0 Å². The maximum absolute atomic E-state index is 6.01. The number of benzene rings is 1. The summed E-state index contributed by atoms with van der Waals surface area (Å²) in [5.74, 6) is 0. The second-order valence-electron chi connectivity index (χ2n) is 4.88. The number of rotatable bonds is 0. The van der Waals surface area contributed by atoms with Crippen LogP contribution in [0.2, 0.25) is 5.02 Å². The molecular formula is C12H15ClN2. The van der Waals surface area contributed by atoms with Gasteiger partial charge in [0, 0.05) is 22.9 Å². The smallest absolute Gasteiger partial charge is 0.0757 e. The lowest BCUT2D eigenvalue weighted by molar-refractivity contribution is 0.558. The second kappa shape index (κ2) is 3.24. The third-order valence-corrected chi connectivity index (χ3v) is 2.76. The van der Waals surface area contributed by atoms with E-state index in [2.05, 4.69) is 25.9 Å². The highest BCUT2D eigenvalue weighted by molar-refractivity contribution is 6.31. The van der Waals surface area contributed by atoms with E-state index in [4.69, 9.17) is 11.6 Å². The zero-order valence-electron chi connectivity index (χ0n) is 9.50. The Kier molecular flexibility index (Phi) is 2.27. The molecule has 2 aromatic rings. The molecule has 2 rings (SSSR count). The SMILES string of the molecule is Cn1nc(C(C)(C)C)c2cc(Cl)ccc21. The topological polar surface area (TPSA) is 17.8 Å². The Balaban J connectivity index is 2.81. The minimum absolute atomic E-state index is 0.0458. The van der Waals surface area contributed by atoms with E-state index in [0.29, 0.717) is 0 Å². The van der Waals surface area contributed by atoms with E-state index < -0.39 is 0 Å². The summed E-state index contributed by atoms with van der Waals surface area (Å²) in [6.07, 6.45) is 0. The van der Waals surface area contributed by atoms with Crippen molar-refractivity contribution < 1.29 is 0 Å². The average Bonchev–Trinajstić information content (AvgIpc) is 2.42. The van der Waals surface area contributed by atoms with Gasteiger partial charge >= 0.3 is 0 Å². The van der Waals surface area contributed by atoms with Crippen LogP contribution in [0.5, 0.6) is 0 Å². The van der Waals surface area contributed by atoms with Gasteiger partial charge in [0.05, 0.1) is 11.2 Å². The van der Waals surface area contributed by atoms with Gasteiger partial charge in [0.15, 0.2) is 0 Å². The summed E-state index contributed by atoms with van der Waals surface area (Å²) in [4.78, 5) is 0. The van der Waals surface area contributed by atoms with E-state index in [1.54, 1.807) is 0 Å². The van der Waals surface area contributed by atoms with Crippen LogP contribution in [0.4, 0.5) is 0 Å². The van der Waals surface area contributed by atoms with Crippen molar-refractivity contribution in [3.63, 3.8) is 0 Å². The van der Waals surface area contributed by atoms with Crippen molar-refractivity contribution in [1.82, 2.24) is 9.78 Å². The minimum Gasteiger partial charge on any atom is -0.268 e. The number of aromatic nitrogens is 2. The fourth-order valence-electron chi connectivity index (χ4n) is 1.79. The summed E-state index contributed by atoms with van der Waals surface area (Å²) in [6.45, 7) is 6.49. The van der Waals surface area contributed by atoms with E-state index in [9.17, 15) is 0 Å². The number of fused-ring (bicyclic) bond motifs is 1. The van der Waals surface area contributed by atoms with E-state index in [1.165, 1.54) is 0 Å². The monoisotopic (exact) mass is 222 g/mol. The summed E-state index contributed by atoms with van der Waals surface area (Å²) in [7, 11) is 1.96. The Morgan fingerprint density at radius 1 is 1.27 bits per heavy atom. The van der Waals surface area contributed by atoms with Gasteiger partial charge in [-0.3, -0.25) is 4.68 Å². The van der Waals surface area contributed by atoms with Crippen molar-refractivity contribution >= 4 is 22.5 Å². The molecule has 0 aliphatic carbocycles. The Labute approximate surface area is 94.8 Å². The van der Waals surface area contributed by atoms with E-state index in [1.807, 2.05) is 29.9 Å². The molecule has 0 saturated heterocycles. The molecule has 0 unspecified atom stereocenters. The fourth-order valence-corrected chi connectivity index (χ4v) is 1.96. The van der Waals surface area contributed by atoms with Crippen molar-refractivity contribution in [1.29, 1.82) is 0 Å². The number of hydrogen-bond acceptors (Lipinski definition) is 1. The first-order valence-electron chi connectivity index (χ1n) is 5.02. The van der Waals surface area contributed by atoms with E-state index >= 15 is 0 Å². The summed E-state index contributed by atoms with van der Waals surface area (Å²) in [6, 6.07) is 5.91. The Hall–Kier alpha value is -1.02. The van der Waals surface area contributed by atoms with Crippen LogP contribution in [0.15, 0.2) is 18.2 Å². The summed E-state index contributed by atoms with van der Waals surface area (Å²) in [5.41, 5.74) is 2.27. The van der Waals surface area contributed by atoms with Gasteiger partial charge in [0.25, 0.3) is 0 Å². The molecule has 1 aromatic carbocycles. The maximum atomic E-state index is 6.01. The molecule has 15 heavy (non-hydrogen) atoms. The first-order chi connectivity index (χ1) is 6.89. The molecule has 0 aliphatic heterocycles. The van der Waals surface area contributed by atoms with Crippen LogP contribution in [0.3, 0.4) is 0 Å². The normalized spacial score (nSPS) is 12.3. The lowest BCUT2D eigenvalue weighted by Crippen LogP contribution is -2.12. The van der Waals surface area contributed by atoms with E-state index in [-0.39, 0.29) is 5.41 Å². The molecule has 3 heteroatoms. The minimum atomic E-state index is 0.0458.